The molecule has 0 radical (unpaired) electrons. The number of imidazole rings is 2. The maximum absolute atomic E-state index is 16.7. The number of H-pyrrole nitrogens is 2. The molecular weight excluding hydrogens is 758 g/mol. The standard InChI is InChI=1S/C43H46FN9O4S/c1-22(2)37(50-43(55)56-4)41(54)52-14-6-8-32(52)39-46-20-29(49-39)25-16-27(44)36-33-17-26-15-24(28-19-45-38(48-28)31-7-5-13-51(31)3)11-12-30(26)53(33)42(57-34(36)18-25)35-21-47-40(58-35)23-9-10-23/h11-12,15-23,31-32,37,42H,5-10,13-14H2,1-4H3,(H,45,48)(H,46,49)(H,50,55). The lowest BCUT2D eigenvalue weighted by atomic mass is 10.0. The van der Waals surface area contributed by atoms with E-state index < -0.39 is 24.2 Å². The average Bonchev–Trinajstić information content (AvgIpc) is 3.91. The average molecular weight is 804 g/mol. The van der Waals surface area contributed by atoms with Gasteiger partial charge >= 0.3 is 6.09 Å². The third-order valence-corrected chi connectivity index (χ3v) is 13.4. The van der Waals surface area contributed by atoms with Crippen LogP contribution in [0.5, 0.6) is 5.75 Å². The highest BCUT2D eigenvalue weighted by atomic mass is 32.1. The second-order valence-electron chi connectivity index (χ2n) is 16.4. The van der Waals surface area contributed by atoms with Crippen LogP contribution >= 0.6 is 11.3 Å². The van der Waals surface area contributed by atoms with Gasteiger partial charge in [0.2, 0.25) is 12.1 Å². The smallest absolute Gasteiger partial charge is 0.407 e. The zero-order valence-corrected chi connectivity index (χ0v) is 33.7. The van der Waals surface area contributed by atoms with Crippen LogP contribution in [0.2, 0.25) is 0 Å². The van der Waals surface area contributed by atoms with Crippen LogP contribution in [0, 0.1) is 11.7 Å². The normalized spacial score (nSPS) is 21.0. The van der Waals surface area contributed by atoms with Crippen molar-refractivity contribution in [1.29, 1.82) is 0 Å². The molecule has 2 aromatic carbocycles. The predicted octanol–water partition coefficient (Wildman–Crippen LogP) is 8.31. The second kappa shape index (κ2) is 14.4. The van der Waals surface area contributed by atoms with Crippen molar-refractivity contribution in [3.63, 3.8) is 0 Å². The van der Waals surface area contributed by atoms with Gasteiger partial charge in [0.1, 0.15) is 29.3 Å². The van der Waals surface area contributed by atoms with E-state index in [0.717, 1.165) is 82.2 Å². The lowest BCUT2D eigenvalue weighted by Crippen LogP contribution is -2.51. The minimum Gasteiger partial charge on any atom is -0.464 e. The van der Waals surface area contributed by atoms with Gasteiger partial charge in [-0.25, -0.2) is 24.1 Å². The summed E-state index contributed by atoms with van der Waals surface area (Å²) < 4.78 is 30.4. The maximum Gasteiger partial charge on any atom is 0.407 e. The van der Waals surface area contributed by atoms with Crippen molar-refractivity contribution in [1.82, 2.24) is 44.6 Å². The number of alkyl carbamates (subject to hydrolysis) is 1. The molecular formula is C43H46FN9O4S. The van der Waals surface area contributed by atoms with Crippen LogP contribution in [0.25, 0.3) is 44.7 Å². The molecule has 4 unspecified atom stereocenters. The number of carbonyl (C=O) groups excluding carboxylic acids is 2. The summed E-state index contributed by atoms with van der Waals surface area (Å²) in [5.41, 5.74) is 5.20. The summed E-state index contributed by atoms with van der Waals surface area (Å²) in [5.74, 6) is 1.74. The largest absolute Gasteiger partial charge is 0.464 e. The molecule has 300 valence electrons. The van der Waals surface area contributed by atoms with Gasteiger partial charge in [0.25, 0.3) is 0 Å². The number of amides is 2. The molecule has 10 rings (SSSR count). The first kappa shape index (κ1) is 36.8. The number of hydrogen-bond donors (Lipinski definition) is 3. The highest BCUT2D eigenvalue weighted by molar-refractivity contribution is 7.11. The Morgan fingerprint density at radius 1 is 0.931 bits per heavy atom. The lowest BCUT2D eigenvalue weighted by molar-refractivity contribution is -0.135. The van der Waals surface area contributed by atoms with Gasteiger partial charge in [-0.15, -0.1) is 11.3 Å². The number of aromatic nitrogens is 6. The van der Waals surface area contributed by atoms with Crippen LogP contribution < -0.4 is 10.1 Å². The Morgan fingerprint density at radius 3 is 2.40 bits per heavy atom. The molecule has 58 heavy (non-hydrogen) atoms. The van der Waals surface area contributed by atoms with Gasteiger partial charge in [0.05, 0.1) is 69.6 Å². The Kier molecular flexibility index (Phi) is 9.12. The van der Waals surface area contributed by atoms with E-state index in [1.54, 1.807) is 22.4 Å². The number of nitrogens with zero attached hydrogens (tertiary/aromatic N) is 6. The Morgan fingerprint density at radius 2 is 1.67 bits per heavy atom. The van der Waals surface area contributed by atoms with Crippen LogP contribution in [0.15, 0.2) is 55.0 Å². The molecule has 1 aliphatic carbocycles. The van der Waals surface area contributed by atoms with E-state index in [0.29, 0.717) is 47.3 Å². The molecule has 15 heteroatoms. The van der Waals surface area contributed by atoms with Crippen LogP contribution in [-0.2, 0) is 9.53 Å². The zero-order valence-electron chi connectivity index (χ0n) is 32.9. The summed E-state index contributed by atoms with van der Waals surface area (Å²) in [7, 11) is 3.42. The molecule has 0 bridgehead atoms. The van der Waals surface area contributed by atoms with Crippen LogP contribution in [-0.4, -0.2) is 84.6 Å². The SMILES string of the molecule is COC(=O)NC(C(=O)N1CCCC1c1ncc(-c2cc(F)c3c(c2)OC(c2cnc(C4CC4)s2)n2c-3cc3cc(-c4cnc(C5CCCN5C)[nH]4)ccc32)[nH]1)C(C)C. The number of methoxy groups -OCH3 is 1. The molecule has 7 heterocycles. The minimum absolute atomic E-state index is 0.151. The number of hydrogen-bond acceptors (Lipinski definition) is 9. The van der Waals surface area contributed by atoms with Gasteiger partial charge < -0.3 is 29.7 Å². The fourth-order valence-electron chi connectivity index (χ4n) is 8.97. The van der Waals surface area contributed by atoms with Gasteiger partial charge in [-0.05, 0) is 88.4 Å². The first-order valence-electron chi connectivity index (χ1n) is 20.2. The Hall–Kier alpha value is -5.54. The summed E-state index contributed by atoms with van der Waals surface area (Å²) in [6.07, 6.45) is 10.3. The van der Waals surface area contributed by atoms with Crippen molar-refractivity contribution in [3.8, 4) is 39.5 Å². The monoisotopic (exact) mass is 803 g/mol. The third kappa shape index (κ3) is 6.35. The topological polar surface area (TPSA) is 146 Å². The maximum atomic E-state index is 16.7. The molecule has 3 N–H and O–H groups in total. The molecule has 2 saturated heterocycles. The molecule has 6 aromatic rings. The molecule has 2 amide bonds. The van der Waals surface area contributed by atoms with Gasteiger partial charge in [-0.3, -0.25) is 14.3 Å². The van der Waals surface area contributed by atoms with Gasteiger partial charge in [-0.1, -0.05) is 19.9 Å². The number of benzene rings is 2. The van der Waals surface area contributed by atoms with Gasteiger partial charge in [0.15, 0.2) is 0 Å². The van der Waals surface area contributed by atoms with Gasteiger partial charge in [-0.2, -0.15) is 0 Å². The fourth-order valence-corrected chi connectivity index (χ4v) is 10.1. The molecule has 13 nitrogen and oxygen atoms in total. The molecule has 0 spiro atoms. The van der Waals surface area contributed by atoms with E-state index in [9.17, 15) is 9.59 Å². The molecule has 1 saturated carbocycles. The molecule has 3 aliphatic heterocycles. The number of likely N-dealkylation sites (tertiary alicyclic amines) is 2. The zero-order chi connectivity index (χ0) is 39.8. The van der Waals surface area contributed by atoms with Crippen LogP contribution in [0.1, 0.15) is 98.1 Å². The van der Waals surface area contributed by atoms with E-state index >= 15 is 4.39 Å². The summed E-state index contributed by atoms with van der Waals surface area (Å²) in [6, 6.07) is 11.0. The summed E-state index contributed by atoms with van der Waals surface area (Å²) >= 11 is 1.66. The Labute approximate surface area is 339 Å². The number of aromatic amines is 2. The van der Waals surface area contributed by atoms with E-state index in [1.165, 1.54) is 13.2 Å². The summed E-state index contributed by atoms with van der Waals surface area (Å²) in [5, 5.41) is 4.77. The minimum atomic E-state index is -0.745. The van der Waals surface area contributed by atoms with Crippen molar-refractivity contribution >= 4 is 34.2 Å². The first-order valence-corrected chi connectivity index (χ1v) is 21.0. The summed E-state index contributed by atoms with van der Waals surface area (Å²) in [4.78, 5) is 52.1. The van der Waals surface area contributed by atoms with E-state index in [-0.39, 0.29) is 23.9 Å². The second-order valence-corrected chi connectivity index (χ2v) is 17.5. The Bertz CT molecular complexity index is 2550. The van der Waals surface area contributed by atoms with Crippen LogP contribution in [0.4, 0.5) is 9.18 Å². The van der Waals surface area contributed by atoms with E-state index in [2.05, 4.69) is 56.1 Å². The van der Waals surface area contributed by atoms with Crippen molar-refractivity contribution in [2.45, 2.75) is 82.6 Å². The summed E-state index contributed by atoms with van der Waals surface area (Å²) in [6.45, 7) is 5.37. The predicted molar refractivity (Wildman–Crippen MR) is 218 cm³/mol. The number of ether oxygens (including phenoxy) is 2. The molecule has 4 atom stereocenters. The highest BCUT2D eigenvalue weighted by Gasteiger charge is 2.39. The number of halogens is 1. The number of nitrogens with one attached hydrogen (secondary N) is 3. The van der Waals surface area contributed by atoms with Gasteiger partial charge in [0, 0.05) is 35.2 Å². The van der Waals surface area contributed by atoms with E-state index in [1.807, 2.05) is 32.3 Å². The molecule has 4 aliphatic rings. The lowest BCUT2D eigenvalue weighted by Gasteiger charge is -2.30. The molecule has 3 fully saturated rings. The first-order chi connectivity index (χ1) is 28.1. The van der Waals surface area contributed by atoms with Crippen molar-refractivity contribution in [2.24, 2.45) is 5.92 Å². The van der Waals surface area contributed by atoms with E-state index in [4.69, 9.17) is 24.4 Å². The van der Waals surface area contributed by atoms with Crippen molar-refractivity contribution in [3.05, 3.63) is 82.3 Å². The Balaban J connectivity index is 0.998. The number of thiazole rings is 1. The van der Waals surface area contributed by atoms with Crippen LogP contribution in [0.3, 0.4) is 0 Å². The van der Waals surface area contributed by atoms with Crippen molar-refractivity contribution in [2.75, 3.05) is 27.2 Å². The number of carbonyl (C=O) groups is 2. The fraction of sp³-hybridized carbons (Fsp3) is 0.419. The number of fused-ring (bicyclic) bond motifs is 5. The number of rotatable bonds is 9. The molecule has 4 aromatic heterocycles. The quantitative estimate of drug-likeness (QED) is 0.132. The third-order valence-electron chi connectivity index (χ3n) is 12.2. The van der Waals surface area contributed by atoms with Crippen molar-refractivity contribution < 1.29 is 23.5 Å². The highest BCUT2D eigenvalue weighted by Crippen LogP contribution is 2.50.